The van der Waals surface area contributed by atoms with Crippen LogP contribution in [0.25, 0.3) is 0 Å². The van der Waals surface area contributed by atoms with Crippen LogP contribution in [0.2, 0.25) is 0 Å². The number of benzene rings is 1. The number of anilines is 1. The van der Waals surface area contributed by atoms with Crippen LogP contribution in [-0.4, -0.2) is 38.0 Å². The lowest BCUT2D eigenvalue weighted by Gasteiger charge is -2.17. The third kappa shape index (κ3) is 4.34. The normalized spacial score (nSPS) is 17.2. The third-order valence-electron chi connectivity index (χ3n) is 4.12. The molecule has 1 heterocycles. The van der Waals surface area contributed by atoms with E-state index < -0.39 is 5.97 Å². The van der Waals surface area contributed by atoms with Crippen LogP contribution in [-0.2, 0) is 14.3 Å². The molecule has 130 valence electrons. The molecule has 0 bridgehead atoms. The van der Waals surface area contributed by atoms with E-state index in [1.807, 2.05) is 0 Å². The van der Waals surface area contributed by atoms with Gasteiger partial charge in [-0.15, -0.1) is 0 Å². The molecule has 1 fully saturated rings. The lowest BCUT2D eigenvalue weighted by Crippen LogP contribution is -2.33. The standard InChI is InChI=1S/C18H24N2O4/c1-12(2)8-9-19-17(22)14-10-16(21)20(11-14)15-6-4-13(5-7-15)18(23)24-3/h4-7,12,14H,8-11H2,1-3H3,(H,19,22). The lowest BCUT2D eigenvalue weighted by atomic mass is 10.1. The van der Waals surface area contributed by atoms with Crippen LogP contribution in [0, 0.1) is 11.8 Å². The van der Waals surface area contributed by atoms with E-state index in [-0.39, 0.29) is 24.2 Å². The van der Waals surface area contributed by atoms with Crippen molar-refractivity contribution in [3.8, 4) is 0 Å². The highest BCUT2D eigenvalue weighted by molar-refractivity contribution is 6.00. The Labute approximate surface area is 142 Å². The van der Waals surface area contributed by atoms with E-state index in [9.17, 15) is 14.4 Å². The van der Waals surface area contributed by atoms with E-state index in [4.69, 9.17) is 0 Å². The second-order valence-electron chi connectivity index (χ2n) is 6.42. The SMILES string of the molecule is COC(=O)c1ccc(N2CC(C(=O)NCCC(C)C)CC2=O)cc1. The summed E-state index contributed by atoms with van der Waals surface area (Å²) in [6, 6.07) is 6.63. The van der Waals surface area contributed by atoms with Gasteiger partial charge in [0, 0.05) is 25.2 Å². The fourth-order valence-corrected chi connectivity index (χ4v) is 2.66. The first kappa shape index (κ1) is 18.0. The van der Waals surface area contributed by atoms with Gasteiger partial charge >= 0.3 is 5.97 Å². The third-order valence-corrected chi connectivity index (χ3v) is 4.12. The van der Waals surface area contributed by atoms with E-state index in [0.29, 0.717) is 30.3 Å². The number of nitrogens with one attached hydrogen (secondary N) is 1. The Hall–Kier alpha value is -2.37. The molecule has 1 aromatic carbocycles. The highest BCUT2D eigenvalue weighted by Gasteiger charge is 2.34. The second kappa shape index (κ2) is 7.95. The molecule has 6 heteroatoms. The maximum Gasteiger partial charge on any atom is 0.337 e. The molecule has 1 atom stereocenters. The first-order chi connectivity index (χ1) is 11.4. The minimum Gasteiger partial charge on any atom is -0.465 e. The second-order valence-corrected chi connectivity index (χ2v) is 6.42. The van der Waals surface area contributed by atoms with Gasteiger partial charge in [-0.05, 0) is 36.6 Å². The highest BCUT2D eigenvalue weighted by atomic mass is 16.5. The van der Waals surface area contributed by atoms with Crippen LogP contribution < -0.4 is 10.2 Å². The zero-order chi connectivity index (χ0) is 17.7. The molecular weight excluding hydrogens is 308 g/mol. The minimum atomic E-state index is -0.420. The van der Waals surface area contributed by atoms with E-state index in [1.165, 1.54) is 7.11 Å². The Morgan fingerprint density at radius 1 is 1.29 bits per heavy atom. The van der Waals surface area contributed by atoms with Gasteiger partial charge in [-0.3, -0.25) is 9.59 Å². The fraction of sp³-hybridized carbons (Fsp3) is 0.500. The maximum atomic E-state index is 12.2. The number of rotatable bonds is 6. The van der Waals surface area contributed by atoms with E-state index in [0.717, 1.165) is 6.42 Å². The Kier molecular flexibility index (Phi) is 5.95. The Bertz CT molecular complexity index is 610. The molecule has 24 heavy (non-hydrogen) atoms. The average Bonchev–Trinajstić information content (AvgIpc) is 2.96. The van der Waals surface area contributed by atoms with Gasteiger partial charge in [-0.25, -0.2) is 4.79 Å². The van der Waals surface area contributed by atoms with Crippen molar-refractivity contribution in [2.24, 2.45) is 11.8 Å². The first-order valence-electron chi connectivity index (χ1n) is 8.18. The molecule has 0 aromatic heterocycles. The van der Waals surface area contributed by atoms with Gasteiger partial charge in [-0.2, -0.15) is 0 Å². The summed E-state index contributed by atoms with van der Waals surface area (Å²) >= 11 is 0. The molecular formula is C18H24N2O4. The van der Waals surface area contributed by atoms with Gasteiger partial charge in [0.2, 0.25) is 11.8 Å². The highest BCUT2D eigenvalue weighted by Crippen LogP contribution is 2.25. The van der Waals surface area contributed by atoms with Crippen LogP contribution in [0.5, 0.6) is 0 Å². The summed E-state index contributed by atoms with van der Waals surface area (Å²) < 4.78 is 4.65. The van der Waals surface area contributed by atoms with Crippen molar-refractivity contribution in [3.63, 3.8) is 0 Å². The molecule has 0 aliphatic carbocycles. The Balaban J connectivity index is 1.96. The largest absolute Gasteiger partial charge is 0.465 e. The summed E-state index contributed by atoms with van der Waals surface area (Å²) in [4.78, 5) is 37.4. The number of carbonyl (C=O) groups is 3. The van der Waals surface area contributed by atoms with Crippen molar-refractivity contribution in [2.75, 3.05) is 25.1 Å². The topological polar surface area (TPSA) is 75.7 Å². The molecule has 1 saturated heterocycles. The van der Waals surface area contributed by atoms with Crippen molar-refractivity contribution >= 4 is 23.5 Å². The summed E-state index contributed by atoms with van der Waals surface area (Å²) in [7, 11) is 1.32. The Morgan fingerprint density at radius 2 is 1.96 bits per heavy atom. The van der Waals surface area contributed by atoms with Crippen molar-refractivity contribution in [2.45, 2.75) is 26.7 Å². The molecule has 0 radical (unpaired) electrons. The van der Waals surface area contributed by atoms with Crippen molar-refractivity contribution in [1.29, 1.82) is 0 Å². The molecule has 2 rings (SSSR count). The van der Waals surface area contributed by atoms with Gasteiger partial charge in [-0.1, -0.05) is 13.8 Å². The summed E-state index contributed by atoms with van der Waals surface area (Å²) in [6.45, 7) is 5.20. The monoisotopic (exact) mass is 332 g/mol. The molecule has 0 saturated carbocycles. The van der Waals surface area contributed by atoms with Crippen LogP contribution in [0.15, 0.2) is 24.3 Å². The number of carbonyl (C=O) groups excluding carboxylic acids is 3. The summed E-state index contributed by atoms with van der Waals surface area (Å²) in [5.41, 5.74) is 1.11. The van der Waals surface area contributed by atoms with Crippen LogP contribution in [0.4, 0.5) is 5.69 Å². The van der Waals surface area contributed by atoms with E-state index in [2.05, 4.69) is 23.9 Å². The van der Waals surface area contributed by atoms with Gasteiger partial charge in [0.1, 0.15) is 0 Å². The fourth-order valence-electron chi connectivity index (χ4n) is 2.66. The van der Waals surface area contributed by atoms with Crippen LogP contribution in [0.3, 0.4) is 0 Å². The zero-order valence-corrected chi connectivity index (χ0v) is 14.4. The molecule has 1 aliphatic heterocycles. The Morgan fingerprint density at radius 3 is 2.54 bits per heavy atom. The number of methoxy groups -OCH3 is 1. The molecule has 1 unspecified atom stereocenters. The van der Waals surface area contributed by atoms with Gasteiger partial charge in [0.05, 0.1) is 18.6 Å². The minimum absolute atomic E-state index is 0.0716. The molecule has 1 N–H and O–H groups in total. The predicted octanol–water partition coefficient (Wildman–Crippen LogP) is 1.99. The summed E-state index contributed by atoms with van der Waals surface area (Å²) in [5.74, 6) is -0.371. The summed E-state index contributed by atoms with van der Waals surface area (Å²) in [6.07, 6.45) is 1.14. The first-order valence-corrected chi connectivity index (χ1v) is 8.18. The smallest absolute Gasteiger partial charge is 0.337 e. The quantitative estimate of drug-likeness (QED) is 0.808. The van der Waals surface area contributed by atoms with Crippen molar-refractivity contribution in [3.05, 3.63) is 29.8 Å². The maximum absolute atomic E-state index is 12.2. The van der Waals surface area contributed by atoms with Crippen LogP contribution >= 0.6 is 0 Å². The number of esters is 1. The lowest BCUT2D eigenvalue weighted by molar-refractivity contribution is -0.126. The zero-order valence-electron chi connectivity index (χ0n) is 14.4. The average molecular weight is 332 g/mol. The predicted molar refractivity (Wildman–Crippen MR) is 90.7 cm³/mol. The van der Waals surface area contributed by atoms with E-state index >= 15 is 0 Å². The molecule has 1 aromatic rings. The summed E-state index contributed by atoms with van der Waals surface area (Å²) in [5, 5.41) is 2.90. The number of hydrogen-bond acceptors (Lipinski definition) is 4. The van der Waals surface area contributed by atoms with Gasteiger partial charge in [0.25, 0.3) is 0 Å². The molecule has 1 aliphatic rings. The number of hydrogen-bond donors (Lipinski definition) is 1. The van der Waals surface area contributed by atoms with Crippen molar-refractivity contribution < 1.29 is 19.1 Å². The van der Waals surface area contributed by atoms with Crippen LogP contribution in [0.1, 0.15) is 37.0 Å². The van der Waals surface area contributed by atoms with E-state index in [1.54, 1.807) is 29.2 Å². The number of ether oxygens (including phenoxy) is 1. The molecule has 6 nitrogen and oxygen atoms in total. The number of nitrogens with zero attached hydrogens (tertiary/aromatic N) is 1. The van der Waals surface area contributed by atoms with Gasteiger partial charge < -0.3 is 15.0 Å². The number of amides is 2. The molecule has 2 amide bonds. The molecule has 0 spiro atoms. The van der Waals surface area contributed by atoms with Crippen molar-refractivity contribution in [1.82, 2.24) is 5.32 Å². The van der Waals surface area contributed by atoms with Gasteiger partial charge in [0.15, 0.2) is 0 Å².